The minimum atomic E-state index is 0.595. The van der Waals surface area contributed by atoms with Crippen molar-refractivity contribution in [3.8, 4) is 0 Å². The Kier molecular flexibility index (Phi) is 2.59. The lowest BCUT2D eigenvalue weighted by Crippen LogP contribution is -2.11. The Morgan fingerprint density at radius 3 is 2.88 bits per heavy atom. The minimum Gasteiger partial charge on any atom is -0.286 e. The molecular formula is C12H15N3S. The lowest BCUT2D eigenvalue weighted by Gasteiger charge is -2.19. The number of nitrogens with zero attached hydrogens (tertiary/aromatic N) is 3. The maximum atomic E-state index is 4.36. The molecule has 0 N–H and O–H groups in total. The highest BCUT2D eigenvalue weighted by Crippen LogP contribution is 2.30. The molecule has 16 heavy (non-hydrogen) atoms. The van der Waals surface area contributed by atoms with E-state index in [0.717, 1.165) is 11.5 Å². The molecular weight excluding hydrogens is 218 g/mol. The molecule has 3 nitrogen and oxygen atoms in total. The minimum absolute atomic E-state index is 0.595. The number of hydrogen-bond donors (Lipinski definition) is 0. The zero-order chi connectivity index (χ0) is 11.0. The molecule has 84 valence electrons. The van der Waals surface area contributed by atoms with Crippen molar-refractivity contribution in [3.63, 3.8) is 0 Å². The average molecular weight is 233 g/mol. The molecule has 3 rings (SSSR count). The Morgan fingerprint density at radius 2 is 2.06 bits per heavy atom. The number of hydrogen-bond acceptors (Lipinski definition) is 3. The van der Waals surface area contributed by atoms with Gasteiger partial charge in [0.1, 0.15) is 5.82 Å². The second-order valence-corrected chi connectivity index (χ2v) is 5.60. The number of thioether (sulfide) groups is 1. The van der Waals surface area contributed by atoms with E-state index in [1.165, 1.54) is 29.9 Å². The van der Waals surface area contributed by atoms with Crippen molar-refractivity contribution in [2.24, 2.45) is 0 Å². The molecule has 1 saturated heterocycles. The number of aromatic nitrogens is 3. The van der Waals surface area contributed by atoms with Crippen molar-refractivity contribution in [2.45, 2.75) is 25.7 Å². The normalized spacial score (nSPS) is 18.1. The molecule has 0 spiro atoms. The van der Waals surface area contributed by atoms with Crippen LogP contribution in [0.4, 0.5) is 0 Å². The van der Waals surface area contributed by atoms with Crippen molar-refractivity contribution < 1.29 is 0 Å². The third kappa shape index (κ3) is 1.71. The Hall–Kier alpha value is -1.03. The fraction of sp³-hybridized carbons (Fsp3) is 0.500. The first-order valence-electron chi connectivity index (χ1n) is 5.73. The first kappa shape index (κ1) is 10.1. The zero-order valence-corrected chi connectivity index (χ0v) is 10.2. The van der Waals surface area contributed by atoms with Gasteiger partial charge in [-0.3, -0.25) is 4.40 Å². The van der Waals surface area contributed by atoms with Gasteiger partial charge in [0.05, 0.1) is 0 Å². The van der Waals surface area contributed by atoms with Crippen molar-refractivity contribution in [2.75, 3.05) is 11.5 Å². The molecule has 2 aromatic heterocycles. The van der Waals surface area contributed by atoms with Crippen LogP contribution >= 0.6 is 11.8 Å². The van der Waals surface area contributed by atoms with Crippen LogP contribution in [0.1, 0.15) is 30.1 Å². The average Bonchev–Trinajstić information content (AvgIpc) is 2.73. The molecule has 0 saturated carbocycles. The molecule has 2 aromatic rings. The third-order valence-corrected chi connectivity index (χ3v) is 4.21. The standard InChI is InChI=1S/C12H15N3S/c1-9-2-3-11-13-14-12(15(11)8-9)10-4-6-16-7-5-10/h2-3,8,10H,4-7H2,1H3. The Bertz CT molecular complexity index is 500. The summed E-state index contributed by atoms with van der Waals surface area (Å²) in [6.45, 7) is 2.11. The van der Waals surface area contributed by atoms with Crippen molar-refractivity contribution in [1.82, 2.24) is 14.6 Å². The highest BCUT2D eigenvalue weighted by molar-refractivity contribution is 7.99. The van der Waals surface area contributed by atoms with Crippen LogP contribution in [-0.2, 0) is 0 Å². The van der Waals surface area contributed by atoms with E-state index in [1.807, 2.05) is 17.8 Å². The summed E-state index contributed by atoms with van der Waals surface area (Å²) in [5.41, 5.74) is 2.23. The smallest absolute Gasteiger partial charge is 0.160 e. The van der Waals surface area contributed by atoms with E-state index < -0.39 is 0 Å². The predicted octanol–water partition coefficient (Wildman–Crippen LogP) is 2.65. The Morgan fingerprint density at radius 1 is 1.25 bits per heavy atom. The summed E-state index contributed by atoms with van der Waals surface area (Å²) >= 11 is 2.05. The summed E-state index contributed by atoms with van der Waals surface area (Å²) in [7, 11) is 0. The van der Waals surface area contributed by atoms with E-state index in [9.17, 15) is 0 Å². The van der Waals surface area contributed by atoms with E-state index >= 15 is 0 Å². The fourth-order valence-electron chi connectivity index (χ4n) is 2.25. The first-order chi connectivity index (χ1) is 7.84. The van der Waals surface area contributed by atoms with Gasteiger partial charge in [-0.2, -0.15) is 11.8 Å². The van der Waals surface area contributed by atoms with Gasteiger partial charge in [0, 0.05) is 12.1 Å². The van der Waals surface area contributed by atoms with Gasteiger partial charge in [-0.1, -0.05) is 6.07 Å². The maximum Gasteiger partial charge on any atom is 0.160 e. The van der Waals surface area contributed by atoms with Gasteiger partial charge in [0.15, 0.2) is 5.65 Å². The maximum absolute atomic E-state index is 4.36. The number of fused-ring (bicyclic) bond motifs is 1. The molecule has 3 heterocycles. The summed E-state index contributed by atoms with van der Waals surface area (Å²) in [6, 6.07) is 4.13. The first-order valence-corrected chi connectivity index (χ1v) is 6.89. The van der Waals surface area contributed by atoms with E-state index in [0.29, 0.717) is 5.92 Å². The van der Waals surface area contributed by atoms with Gasteiger partial charge in [-0.25, -0.2) is 0 Å². The molecule has 1 aliphatic rings. The summed E-state index contributed by atoms with van der Waals surface area (Å²) in [5.74, 6) is 4.26. The lowest BCUT2D eigenvalue weighted by molar-refractivity contribution is 0.591. The van der Waals surface area contributed by atoms with Gasteiger partial charge < -0.3 is 0 Å². The summed E-state index contributed by atoms with van der Waals surface area (Å²) in [6.07, 6.45) is 4.62. The van der Waals surface area contributed by atoms with Gasteiger partial charge in [0.25, 0.3) is 0 Å². The molecule has 4 heteroatoms. The van der Waals surface area contributed by atoms with Crippen LogP contribution in [0.3, 0.4) is 0 Å². The quantitative estimate of drug-likeness (QED) is 0.758. The van der Waals surface area contributed by atoms with E-state index in [1.54, 1.807) is 0 Å². The highest BCUT2D eigenvalue weighted by atomic mass is 32.2. The van der Waals surface area contributed by atoms with Gasteiger partial charge in [0.2, 0.25) is 0 Å². The second kappa shape index (κ2) is 4.09. The molecule has 0 aliphatic carbocycles. The Balaban J connectivity index is 2.05. The van der Waals surface area contributed by atoms with Crippen molar-refractivity contribution >= 4 is 17.4 Å². The molecule has 0 unspecified atom stereocenters. The molecule has 1 fully saturated rings. The lowest BCUT2D eigenvalue weighted by atomic mass is 10.0. The van der Waals surface area contributed by atoms with Crippen LogP contribution in [0.5, 0.6) is 0 Å². The predicted molar refractivity (Wildman–Crippen MR) is 67.0 cm³/mol. The van der Waals surface area contributed by atoms with Crippen LogP contribution in [-0.4, -0.2) is 26.1 Å². The number of pyridine rings is 1. The van der Waals surface area contributed by atoms with E-state index in [2.05, 4.69) is 33.8 Å². The van der Waals surface area contributed by atoms with Crippen LogP contribution in [0, 0.1) is 6.92 Å². The SMILES string of the molecule is Cc1ccc2nnc(C3CCSCC3)n2c1. The molecule has 1 aliphatic heterocycles. The number of aryl methyl sites for hydroxylation is 1. The third-order valence-electron chi connectivity index (χ3n) is 3.16. The number of rotatable bonds is 1. The van der Waals surface area contributed by atoms with Crippen LogP contribution in [0.25, 0.3) is 5.65 Å². The molecule has 0 atom stereocenters. The topological polar surface area (TPSA) is 30.2 Å². The van der Waals surface area contributed by atoms with Crippen LogP contribution < -0.4 is 0 Å². The summed E-state index contributed by atoms with van der Waals surface area (Å²) < 4.78 is 2.16. The molecule has 0 aromatic carbocycles. The second-order valence-electron chi connectivity index (χ2n) is 4.38. The molecule has 0 bridgehead atoms. The van der Waals surface area contributed by atoms with E-state index in [-0.39, 0.29) is 0 Å². The van der Waals surface area contributed by atoms with Crippen molar-refractivity contribution in [1.29, 1.82) is 0 Å². The van der Waals surface area contributed by atoms with Gasteiger partial charge in [-0.05, 0) is 42.9 Å². The zero-order valence-electron chi connectivity index (χ0n) is 9.39. The fourth-order valence-corrected chi connectivity index (χ4v) is 3.36. The Labute approximate surface area is 99.3 Å². The molecule has 0 radical (unpaired) electrons. The monoisotopic (exact) mass is 233 g/mol. The molecule has 0 amide bonds. The van der Waals surface area contributed by atoms with E-state index in [4.69, 9.17) is 0 Å². The highest BCUT2D eigenvalue weighted by Gasteiger charge is 2.20. The van der Waals surface area contributed by atoms with Crippen LogP contribution in [0.2, 0.25) is 0 Å². The summed E-state index contributed by atoms with van der Waals surface area (Å²) in [5, 5.41) is 8.60. The van der Waals surface area contributed by atoms with Gasteiger partial charge >= 0.3 is 0 Å². The van der Waals surface area contributed by atoms with Crippen LogP contribution in [0.15, 0.2) is 18.3 Å². The largest absolute Gasteiger partial charge is 0.286 e. The van der Waals surface area contributed by atoms with Gasteiger partial charge in [-0.15, -0.1) is 10.2 Å². The van der Waals surface area contributed by atoms with Crippen molar-refractivity contribution in [3.05, 3.63) is 29.7 Å². The summed E-state index contributed by atoms with van der Waals surface area (Å²) in [4.78, 5) is 0.